The smallest absolute Gasteiger partial charge is 0.240 e. The van der Waals surface area contributed by atoms with Crippen molar-refractivity contribution in [2.75, 3.05) is 11.0 Å². The number of benzene rings is 2. The molecule has 6 nitrogen and oxygen atoms in total. The molecular formula is C18H19N3O3S. The third-order valence-corrected chi connectivity index (χ3v) is 4.55. The van der Waals surface area contributed by atoms with Gasteiger partial charge in [0.25, 0.3) is 0 Å². The SMILES string of the molecule is CC(=O)N1N=C(c2ccc(NS(C)(=O)=O)cc2)C[C@@H]1c1ccccc1. The average Bonchev–Trinajstić information content (AvgIpc) is 3.00. The van der Waals surface area contributed by atoms with Gasteiger partial charge < -0.3 is 0 Å². The molecule has 25 heavy (non-hydrogen) atoms. The molecule has 2 aromatic carbocycles. The number of nitrogens with one attached hydrogen (secondary N) is 1. The Morgan fingerprint density at radius 1 is 1.12 bits per heavy atom. The van der Waals surface area contributed by atoms with E-state index < -0.39 is 10.0 Å². The summed E-state index contributed by atoms with van der Waals surface area (Å²) in [5.41, 5.74) is 3.19. The Labute approximate surface area is 147 Å². The van der Waals surface area contributed by atoms with E-state index in [1.54, 1.807) is 24.3 Å². The maximum Gasteiger partial charge on any atom is 0.240 e. The Hall–Kier alpha value is -2.67. The predicted molar refractivity (Wildman–Crippen MR) is 97.8 cm³/mol. The van der Waals surface area contributed by atoms with Gasteiger partial charge in [-0.2, -0.15) is 5.10 Å². The van der Waals surface area contributed by atoms with Crippen molar-refractivity contribution in [3.05, 3.63) is 65.7 Å². The molecule has 0 aliphatic carbocycles. The molecule has 1 amide bonds. The lowest BCUT2D eigenvalue weighted by molar-refractivity contribution is -0.130. The summed E-state index contributed by atoms with van der Waals surface area (Å²) in [5, 5.41) is 5.99. The van der Waals surface area contributed by atoms with Crippen LogP contribution >= 0.6 is 0 Å². The van der Waals surface area contributed by atoms with Gasteiger partial charge >= 0.3 is 0 Å². The van der Waals surface area contributed by atoms with Crippen molar-refractivity contribution in [3.8, 4) is 0 Å². The first-order valence-electron chi connectivity index (χ1n) is 7.84. The fraction of sp³-hybridized carbons (Fsp3) is 0.222. The van der Waals surface area contributed by atoms with Crippen molar-refractivity contribution in [1.29, 1.82) is 0 Å². The van der Waals surface area contributed by atoms with E-state index in [0.717, 1.165) is 23.1 Å². The standard InChI is InChI=1S/C18H19N3O3S/c1-13(22)21-18(15-6-4-3-5-7-15)12-17(19-21)14-8-10-16(11-9-14)20-25(2,23)24/h3-11,18,20H,12H2,1-2H3/t18-/m1/s1. The van der Waals surface area contributed by atoms with Gasteiger partial charge in [-0.25, -0.2) is 13.4 Å². The quantitative estimate of drug-likeness (QED) is 0.914. The van der Waals surface area contributed by atoms with Gasteiger partial charge in [0.15, 0.2) is 0 Å². The lowest BCUT2D eigenvalue weighted by atomic mass is 9.98. The highest BCUT2D eigenvalue weighted by molar-refractivity contribution is 7.92. The normalized spacial score (nSPS) is 17.3. The fourth-order valence-corrected chi connectivity index (χ4v) is 3.42. The Morgan fingerprint density at radius 3 is 2.32 bits per heavy atom. The highest BCUT2D eigenvalue weighted by Crippen LogP contribution is 2.32. The molecule has 0 saturated carbocycles. The van der Waals surface area contributed by atoms with Crippen molar-refractivity contribution >= 4 is 27.3 Å². The Kier molecular flexibility index (Phi) is 4.59. The van der Waals surface area contributed by atoms with E-state index in [4.69, 9.17) is 0 Å². The van der Waals surface area contributed by atoms with Gasteiger partial charge in [-0.15, -0.1) is 0 Å². The second kappa shape index (κ2) is 6.68. The number of hydrazone groups is 1. The van der Waals surface area contributed by atoms with Gasteiger partial charge in [-0.3, -0.25) is 9.52 Å². The average molecular weight is 357 g/mol. The van der Waals surface area contributed by atoms with Crippen molar-refractivity contribution < 1.29 is 13.2 Å². The van der Waals surface area contributed by atoms with E-state index in [0.29, 0.717) is 12.1 Å². The lowest BCUT2D eigenvalue weighted by Gasteiger charge is -2.20. The monoisotopic (exact) mass is 357 g/mol. The van der Waals surface area contributed by atoms with Gasteiger partial charge in [0.1, 0.15) is 0 Å². The third kappa shape index (κ3) is 4.06. The van der Waals surface area contributed by atoms with Crippen LogP contribution in [0.2, 0.25) is 0 Å². The predicted octanol–water partition coefficient (Wildman–Crippen LogP) is 2.76. The maximum atomic E-state index is 12.0. The summed E-state index contributed by atoms with van der Waals surface area (Å²) in [6.07, 6.45) is 1.72. The first kappa shape index (κ1) is 17.2. The van der Waals surface area contributed by atoms with E-state index in [9.17, 15) is 13.2 Å². The van der Waals surface area contributed by atoms with E-state index in [-0.39, 0.29) is 11.9 Å². The van der Waals surface area contributed by atoms with Gasteiger partial charge in [-0.1, -0.05) is 42.5 Å². The van der Waals surface area contributed by atoms with Gasteiger partial charge in [0.05, 0.1) is 18.0 Å². The van der Waals surface area contributed by atoms with Crippen molar-refractivity contribution in [2.24, 2.45) is 5.10 Å². The summed E-state index contributed by atoms with van der Waals surface area (Å²) in [6.45, 7) is 1.50. The minimum atomic E-state index is -3.31. The molecule has 0 saturated heterocycles. The summed E-state index contributed by atoms with van der Waals surface area (Å²) in [5.74, 6) is -0.112. The van der Waals surface area contributed by atoms with Crippen LogP contribution in [0.25, 0.3) is 0 Å². The largest absolute Gasteiger partial charge is 0.284 e. The van der Waals surface area contributed by atoms with Gasteiger partial charge in [-0.05, 0) is 23.3 Å². The Balaban J connectivity index is 1.85. The number of carbonyl (C=O) groups excluding carboxylic acids is 1. The molecule has 1 heterocycles. The molecule has 7 heteroatoms. The van der Waals surface area contributed by atoms with Crippen LogP contribution in [-0.4, -0.2) is 31.3 Å². The number of amides is 1. The molecular weight excluding hydrogens is 338 g/mol. The highest BCUT2D eigenvalue weighted by atomic mass is 32.2. The molecule has 1 aliphatic heterocycles. The Bertz CT molecular complexity index is 906. The topological polar surface area (TPSA) is 78.8 Å². The van der Waals surface area contributed by atoms with E-state index in [1.165, 1.54) is 11.9 Å². The number of sulfonamides is 1. The molecule has 1 aliphatic rings. The zero-order chi connectivity index (χ0) is 18.0. The van der Waals surface area contributed by atoms with Gasteiger partial charge in [0.2, 0.25) is 15.9 Å². The molecule has 0 spiro atoms. The number of nitrogens with zero attached hydrogens (tertiary/aromatic N) is 2. The van der Waals surface area contributed by atoms with Crippen molar-refractivity contribution in [3.63, 3.8) is 0 Å². The van der Waals surface area contributed by atoms with Crippen LogP contribution in [0.15, 0.2) is 59.7 Å². The van der Waals surface area contributed by atoms with Crippen LogP contribution in [-0.2, 0) is 14.8 Å². The highest BCUT2D eigenvalue weighted by Gasteiger charge is 2.31. The molecule has 0 fully saturated rings. The van der Waals surface area contributed by atoms with E-state index in [2.05, 4.69) is 9.82 Å². The number of anilines is 1. The minimum absolute atomic E-state index is 0.112. The maximum absolute atomic E-state index is 12.0. The number of rotatable bonds is 4. The summed E-state index contributed by atoms with van der Waals surface area (Å²) < 4.78 is 25.0. The number of hydrogen-bond donors (Lipinski definition) is 1. The lowest BCUT2D eigenvalue weighted by Crippen LogP contribution is -2.24. The zero-order valence-electron chi connectivity index (χ0n) is 14.0. The first-order chi connectivity index (χ1) is 11.8. The summed E-state index contributed by atoms with van der Waals surface area (Å²) in [4.78, 5) is 12.0. The minimum Gasteiger partial charge on any atom is -0.284 e. The number of hydrogen-bond acceptors (Lipinski definition) is 4. The fourth-order valence-electron chi connectivity index (χ4n) is 2.85. The molecule has 0 aromatic heterocycles. The van der Waals surface area contributed by atoms with E-state index >= 15 is 0 Å². The molecule has 0 unspecified atom stereocenters. The first-order valence-corrected chi connectivity index (χ1v) is 9.73. The summed E-state index contributed by atoms with van der Waals surface area (Å²) in [7, 11) is -3.31. The second-order valence-corrected chi connectivity index (χ2v) is 7.74. The molecule has 0 radical (unpaired) electrons. The second-order valence-electron chi connectivity index (χ2n) is 5.99. The molecule has 130 valence electrons. The van der Waals surface area contributed by atoms with Crippen LogP contribution < -0.4 is 4.72 Å². The molecule has 1 N–H and O–H groups in total. The summed E-state index contributed by atoms with van der Waals surface area (Å²) in [6, 6.07) is 16.6. The van der Waals surface area contributed by atoms with Crippen LogP contribution in [0.1, 0.15) is 30.5 Å². The van der Waals surface area contributed by atoms with Crippen molar-refractivity contribution in [2.45, 2.75) is 19.4 Å². The zero-order valence-corrected chi connectivity index (χ0v) is 14.8. The molecule has 0 bridgehead atoms. The molecule has 2 aromatic rings. The Morgan fingerprint density at radius 2 is 1.76 bits per heavy atom. The third-order valence-electron chi connectivity index (χ3n) is 3.94. The number of carbonyl (C=O) groups is 1. The molecule has 1 atom stereocenters. The van der Waals surface area contributed by atoms with E-state index in [1.807, 2.05) is 30.3 Å². The van der Waals surface area contributed by atoms with Gasteiger partial charge in [0, 0.05) is 19.0 Å². The summed E-state index contributed by atoms with van der Waals surface area (Å²) >= 11 is 0. The molecule has 3 rings (SSSR count). The van der Waals surface area contributed by atoms with Crippen molar-refractivity contribution in [1.82, 2.24) is 5.01 Å². The van der Waals surface area contributed by atoms with Crippen LogP contribution in [0.4, 0.5) is 5.69 Å². The van der Waals surface area contributed by atoms with Crippen LogP contribution in [0.5, 0.6) is 0 Å². The van der Waals surface area contributed by atoms with Crippen LogP contribution in [0.3, 0.4) is 0 Å². The van der Waals surface area contributed by atoms with Crippen LogP contribution in [0, 0.1) is 0 Å².